The van der Waals surface area contributed by atoms with Crippen molar-refractivity contribution in [2.75, 3.05) is 26.9 Å². The molecule has 3 heteroatoms. The SMILES string of the molecule is CCC(CNC(C)(C)C)OCCOC. The average Bonchev–Trinajstić information content (AvgIpc) is 2.09. The molecular weight excluding hydrogens is 178 g/mol. The predicted molar refractivity (Wildman–Crippen MR) is 59.7 cm³/mol. The molecule has 0 radical (unpaired) electrons. The van der Waals surface area contributed by atoms with Gasteiger partial charge in [0, 0.05) is 19.2 Å². The van der Waals surface area contributed by atoms with Gasteiger partial charge in [0.1, 0.15) is 0 Å². The highest BCUT2D eigenvalue weighted by molar-refractivity contribution is 4.72. The molecule has 0 saturated carbocycles. The summed E-state index contributed by atoms with van der Waals surface area (Å²) in [6.45, 7) is 10.9. The molecule has 1 N–H and O–H groups in total. The third kappa shape index (κ3) is 8.48. The zero-order chi connectivity index (χ0) is 11.0. The average molecular weight is 203 g/mol. The molecule has 3 nitrogen and oxygen atoms in total. The van der Waals surface area contributed by atoms with Gasteiger partial charge in [0.25, 0.3) is 0 Å². The quantitative estimate of drug-likeness (QED) is 0.640. The molecule has 86 valence electrons. The summed E-state index contributed by atoms with van der Waals surface area (Å²) in [5.74, 6) is 0. The molecule has 0 aliphatic carbocycles. The van der Waals surface area contributed by atoms with Crippen molar-refractivity contribution >= 4 is 0 Å². The van der Waals surface area contributed by atoms with Crippen LogP contribution in [0.2, 0.25) is 0 Å². The van der Waals surface area contributed by atoms with Crippen LogP contribution in [0.3, 0.4) is 0 Å². The first-order valence-electron chi connectivity index (χ1n) is 5.35. The highest BCUT2D eigenvalue weighted by atomic mass is 16.5. The molecule has 0 rings (SSSR count). The molecule has 0 saturated heterocycles. The molecule has 0 aromatic heterocycles. The summed E-state index contributed by atoms with van der Waals surface area (Å²) in [5.41, 5.74) is 0.165. The molecule has 0 spiro atoms. The van der Waals surface area contributed by atoms with Gasteiger partial charge in [0.05, 0.1) is 19.3 Å². The van der Waals surface area contributed by atoms with E-state index in [2.05, 4.69) is 33.0 Å². The molecule has 0 aromatic rings. The van der Waals surface area contributed by atoms with E-state index < -0.39 is 0 Å². The lowest BCUT2D eigenvalue weighted by molar-refractivity contribution is 0.0134. The largest absolute Gasteiger partial charge is 0.382 e. The zero-order valence-electron chi connectivity index (χ0n) is 10.2. The fraction of sp³-hybridized carbons (Fsp3) is 1.00. The first-order valence-corrected chi connectivity index (χ1v) is 5.35. The van der Waals surface area contributed by atoms with Gasteiger partial charge in [-0.15, -0.1) is 0 Å². The topological polar surface area (TPSA) is 30.5 Å². The summed E-state index contributed by atoms with van der Waals surface area (Å²) in [6, 6.07) is 0. The maximum absolute atomic E-state index is 5.64. The van der Waals surface area contributed by atoms with Crippen molar-refractivity contribution in [1.82, 2.24) is 5.32 Å². The minimum atomic E-state index is 0.165. The summed E-state index contributed by atoms with van der Waals surface area (Å²) < 4.78 is 10.6. The molecule has 0 fully saturated rings. The lowest BCUT2D eigenvalue weighted by Gasteiger charge is -2.24. The first kappa shape index (κ1) is 13.9. The second-order valence-corrected chi connectivity index (χ2v) is 4.52. The lowest BCUT2D eigenvalue weighted by atomic mass is 10.1. The standard InChI is InChI=1S/C11H25NO2/c1-6-10(14-8-7-13-5)9-12-11(2,3)4/h10,12H,6-9H2,1-5H3. The van der Waals surface area contributed by atoms with Crippen molar-refractivity contribution in [2.45, 2.75) is 45.8 Å². The maximum atomic E-state index is 5.64. The third-order valence-corrected chi connectivity index (χ3v) is 1.96. The Morgan fingerprint density at radius 3 is 2.29 bits per heavy atom. The van der Waals surface area contributed by atoms with Gasteiger partial charge < -0.3 is 14.8 Å². The maximum Gasteiger partial charge on any atom is 0.0704 e. The number of hydrogen-bond acceptors (Lipinski definition) is 3. The summed E-state index contributed by atoms with van der Waals surface area (Å²) >= 11 is 0. The first-order chi connectivity index (χ1) is 6.49. The van der Waals surface area contributed by atoms with Gasteiger partial charge in [-0.25, -0.2) is 0 Å². The van der Waals surface area contributed by atoms with Gasteiger partial charge in [0.2, 0.25) is 0 Å². The van der Waals surface area contributed by atoms with E-state index in [4.69, 9.17) is 9.47 Å². The van der Waals surface area contributed by atoms with Gasteiger partial charge >= 0.3 is 0 Å². The van der Waals surface area contributed by atoms with Crippen molar-refractivity contribution in [3.05, 3.63) is 0 Å². The summed E-state index contributed by atoms with van der Waals surface area (Å²) in [6.07, 6.45) is 1.33. The summed E-state index contributed by atoms with van der Waals surface area (Å²) in [4.78, 5) is 0. The van der Waals surface area contributed by atoms with Gasteiger partial charge in [-0.05, 0) is 27.2 Å². The summed E-state index contributed by atoms with van der Waals surface area (Å²) in [5, 5.41) is 3.43. The molecule has 0 amide bonds. The Morgan fingerprint density at radius 1 is 1.21 bits per heavy atom. The Kier molecular flexibility index (Phi) is 7.15. The Labute approximate surface area is 88.2 Å². The van der Waals surface area contributed by atoms with Crippen LogP contribution < -0.4 is 5.32 Å². The lowest BCUT2D eigenvalue weighted by Crippen LogP contribution is -2.41. The number of rotatable bonds is 7. The molecule has 1 unspecified atom stereocenters. The van der Waals surface area contributed by atoms with Gasteiger partial charge in [0.15, 0.2) is 0 Å². The fourth-order valence-electron chi connectivity index (χ4n) is 1.04. The molecule has 0 bridgehead atoms. The normalized spacial score (nSPS) is 14.4. The second kappa shape index (κ2) is 7.21. The van der Waals surface area contributed by atoms with Crippen LogP contribution in [0, 0.1) is 0 Å². The molecular formula is C11H25NO2. The Balaban J connectivity index is 3.58. The van der Waals surface area contributed by atoms with E-state index in [1.165, 1.54) is 0 Å². The number of nitrogens with one attached hydrogen (secondary N) is 1. The van der Waals surface area contributed by atoms with Crippen LogP contribution in [-0.2, 0) is 9.47 Å². The monoisotopic (exact) mass is 203 g/mol. The fourth-order valence-corrected chi connectivity index (χ4v) is 1.04. The third-order valence-electron chi connectivity index (χ3n) is 1.96. The molecule has 0 aliphatic heterocycles. The number of hydrogen-bond donors (Lipinski definition) is 1. The van der Waals surface area contributed by atoms with Crippen molar-refractivity contribution < 1.29 is 9.47 Å². The highest BCUT2D eigenvalue weighted by Crippen LogP contribution is 2.02. The van der Waals surface area contributed by atoms with Gasteiger partial charge in [-0.1, -0.05) is 6.92 Å². The van der Waals surface area contributed by atoms with E-state index >= 15 is 0 Å². The molecule has 14 heavy (non-hydrogen) atoms. The Bertz CT molecular complexity index is 132. The van der Waals surface area contributed by atoms with Crippen LogP contribution in [0.1, 0.15) is 34.1 Å². The Hall–Kier alpha value is -0.120. The predicted octanol–water partition coefficient (Wildman–Crippen LogP) is 1.82. The van der Waals surface area contributed by atoms with Crippen molar-refractivity contribution in [3.63, 3.8) is 0 Å². The van der Waals surface area contributed by atoms with Crippen LogP contribution in [0.5, 0.6) is 0 Å². The molecule has 0 aliphatic rings. The van der Waals surface area contributed by atoms with Crippen LogP contribution in [0.15, 0.2) is 0 Å². The van der Waals surface area contributed by atoms with Gasteiger partial charge in [-0.2, -0.15) is 0 Å². The van der Waals surface area contributed by atoms with Crippen molar-refractivity contribution in [3.8, 4) is 0 Å². The van der Waals surface area contributed by atoms with E-state index in [1.807, 2.05) is 0 Å². The van der Waals surface area contributed by atoms with Crippen molar-refractivity contribution in [1.29, 1.82) is 0 Å². The van der Waals surface area contributed by atoms with Crippen molar-refractivity contribution in [2.24, 2.45) is 0 Å². The number of ether oxygens (including phenoxy) is 2. The highest BCUT2D eigenvalue weighted by Gasteiger charge is 2.12. The number of methoxy groups -OCH3 is 1. The van der Waals surface area contributed by atoms with Crippen LogP contribution in [-0.4, -0.2) is 38.5 Å². The van der Waals surface area contributed by atoms with E-state index in [-0.39, 0.29) is 5.54 Å². The van der Waals surface area contributed by atoms with E-state index in [9.17, 15) is 0 Å². The van der Waals surface area contributed by atoms with Gasteiger partial charge in [-0.3, -0.25) is 0 Å². The minimum absolute atomic E-state index is 0.165. The van der Waals surface area contributed by atoms with Crippen LogP contribution >= 0.6 is 0 Å². The molecule has 1 atom stereocenters. The van der Waals surface area contributed by atoms with E-state index in [1.54, 1.807) is 7.11 Å². The van der Waals surface area contributed by atoms with Crippen LogP contribution in [0.25, 0.3) is 0 Å². The minimum Gasteiger partial charge on any atom is -0.382 e. The molecule has 0 heterocycles. The zero-order valence-corrected chi connectivity index (χ0v) is 10.2. The van der Waals surface area contributed by atoms with E-state index in [0.717, 1.165) is 13.0 Å². The Morgan fingerprint density at radius 2 is 1.86 bits per heavy atom. The van der Waals surface area contributed by atoms with Crippen LogP contribution in [0.4, 0.5) is 0 Å². The smallest absolute Gasteiger partial charge is 0.0704 e. The summed E-state index contributed by atoms with van der Waals surface area (Å²) in [7, 11) is 1.69. The second-order valence-electron chi connectivity index (χ2n) is 4.52. The molecule has 0 aromatic carbocycles. The van der Waals surface area contributed by atoms with E-state index in [0.29, 0.717) is 19.3 Å².